The largest absolute Gasteiger partial charge is 0.383 e. The van der Waals surface area contributed by atoms with E-state index in [0.717, 1.165) is 0 Å². The fraction of sp³-hybridized carbons (Fsp3) is 0.750. The van der Waals surface area contributed by atoms with Gasteiger partial charge in [0.25, 0.3) is 0 Å². The summed E-state index contributed by atoms with van der Waals surface area (Å²) in [5.41, 5.74) is 0. The number of carbonyl (C=O) groups excluding carboxylic acids is 2. The van der Waals surface area contributed by atoms with Gasteiger partial charge in [0.1, 0.15) is 5.92 Å². The third-order valence-corrected chi connectivity index (χ3v) is 2.46. The molecule has 102 valence electrons. The Hall–Kier alpha value is -1.61. The SMILES string of the molecule is COCCNC(=O)CN(C)C(=O)C(C#N)C(C)C. The summed E-state index contributed by atoms with van der Waals surface area (Å²) < 4.78 is 4.79. The normalized spacial score (nSPS) is 11.8. The Morgan fingerprint density at radius 1 is 1.44 bits per heavy atom. The van der Waals surface area contributed by atoms with Crippen LogP contribution < -0.4 is 5.32 Å². The van der Waals surface area contributed by atoms with Gasteiger partial charge in [-0.25, -0.2) is 0 Å². The third kappa shape index (κ3) is 5.64. The van der Waals surface area contributed by atoms with E-state index < -0.39 is 5.92 Å². The zero-order valence-corrected chi connectivity index (χ0v) is 11.4. The van der Waals surface area contributed by atoms with E-state index in [2.05, 4.69) is 5.32 Å². The maximum Gasteiger partial charge on any atom is 0.240 e. The van der Waals surface area contributed by atoms with E-state index in [4.69, 9.17) is 10.00 Å². The van der Waals surface area contributed by atoms with Crippen molar-refractivity contribution in [2.45, 2.75) is 13.8 Å². The van der Waals surface area contributed by atoms with Crippen LogP contribution in [-0.2, 0) is 14.3 Å². The van der Waals surface area contributed by atoms with Crippen molar-refractivity contribution in [2.24, 2.45) is 11.8 Å². The Morgan fingerprint density at radius 2 is 2.06 bits per heavy atom. The molecule has 0 bridgehead atoms. The molecule has 0 fully saturated rings. The molecule has 0 rings (SSSR count). The molecule has 0 aliphatic rings. The Morgan fingerprint density at radius 3 is 2.50 bits per heavy atom. The Bertz CT molecular complexity index is 323. The van der Waals surface area contributed by atoms with Crippen molar-refractivity contribution >= 4 is 11.8 Å². The number of likely N-dealkylation sites (N-methyl/N-ethyl adjacent to an activating group) is 1. The summed E-state index contributed by atoms with van der Waals surface area (Å²) in [4.78, 5) is 24.6. The predicted molar refractivity (Wildman–Crippen MR) is 66.5 cm³/mol. The van der Waals surface area contributed by atoms with Crippen molar-refractivity contribution in [3.63, 3.8) is 0 Å². The smallest absolute Gasteiger partial charge is 0.240 e. The molecule has 2 amide bonds. The summed E-state index contributed by atoms with van der Waals surface area (Å²) in [5.74, 6) is -1.36. The number of carbonyl (C=O) groups is 2. The van der Waals surface area contributed by atoms with Gasteiger partial charge in [-0.05, 0) is 5.92 Å². The van der Waals surface area contributed by atoms with Crippen LogP contribution in [0.4, 0.5) is 0 Å². The molecule has 1 unspecified atom stereocenters. The van der Waals surface area contributed by atoms with Gasteiger partial charge < -0.3 is 15.0 Å². The van der Waals surface area contributed by atoms with E-state index >= 15 is 0 Å². The highest BCUT2D eigenvalue weighted by molar-refractivity contribution is 5.87. The number of nitriles is 1. The standard InChI is InChI=1S/C12H21N3O3/c1-9(2)10(7-13)12(17)15(3)8-11(16)14-5-6-18-4/h9-10H,5-6,8H2,1-4H3,(H,14,16). The topological polar surface area (TPSA) is 82.4 Å². The molecule has 0 aromatic rings. The zero-order chi connectivity index (χ0) is 14.1. The number of hydrogen-bond acceptors (Lipinski definition) is 4. The molecule has 0 aliphatic heterocycles. The molecular formula is C12H21N3O3. The average molecular weight is 255 g/mol. The van der Waals surface area contributed by atoms with E-state index in [9.17, 15) is 9.59 Å². The molecule has 0 saturated heterocycles. The maximum atomic E-state index is 11.9. The molecule has 0 aliphatic carbocycles. The van der Waals surface area contributed by atoms with Gasteiger partial charge in [-0.1, -0.05) is 13.8 Å². The first-order valence-electron chi connectivity index (χ1n) is 5.84. The van der Waals surface area contributed by atoms with Gasteiger partial charge in [-0.3, -0.25) is 9.59 Å². The summed E-state index contributed by atoms with van der Waals surface area (Å²) in [6.45, 7) is 4.39. The molecule has 0 spiro atoms. The van der Waals surface area contributed by atoms with Crippen LogP contribution in [0.25, 0.3) is 0 Å². The minimum absolute atomic E-state index is 0.0482. The van der Waals surface area contributed by atoms with Gasteiger partial charge in [-0.2, -0.15) is 5.26 Å². The minimum Gasteiger partial charge on any atom is -0.383 e. The van der Waals surface area contributed by atoms with Gasteiger partial charge in [0.15, 0.2) is 0 Å². The van der Waals surface area contributed by atoms with Crippen LogP contribution >= 0.6 is 0 Å². The quantitative estimate of drug-likeness (QED) is 0.649. The Balaban J connectivity index is 4.23. The first kappa shape index (κ1) is 16.4. The van der Waals surface area contributed by atoms with Crippen molar-refractivity contribution in [2.75, 3.05) is 33.9 Å². The molecule has 0 aromatic heterocycles. The first-order chi connectivity index (χ1) is 8.43. The van der Waals surface area contributed by atoms with Crippen LogP contribution in [0.2, 0.25) is 0 Å². The monoisotopic (exact) mass is 255 g/mol. The van der Waals surface area contributed by atoms with E-state index in [-0.39, 0.29) is 24.3 Å². The highest BCUT2D eigenvalue weighted by atomic mass is 16.5. The summed E-state index contributed by atoms with van der Waals surface area (Å²) >= 11 is 0. The average Bonchev–Trinajstić information content (AvgIpc) is 2.29. The Labute approximate surface area is 108 Å². The maximum absolute atomic E-state index is 11.9. The second kappa shape index (κ2) is 8.48. The van der Waals surface area contributed by atoms with Crippen molar-refractivity contribution < 1.29 is 14.3 Å². The van der Waals surface area contributed by atoms with Crippen molar-refractivity contribution in [3.8, 4) is 6.07 Å². The lowest BCUT2D eigenvalue weighted by Crippen LogP contribution is -2.42. The fourth-order valence-electron chi connectivity index (χ4n) is 1.37. The fourth-order valence-corrected chi connectivity index (χ4v) is 1.37. The van der Waals surface area contributed by atoms with Crippen LogP contribution in [0.1, 0.15) is 13.8 Å². The zero-order valence-electron chi connectivity index (χ0n) is 11.4. The van der Waals surface area contributed by atoms with Crippen molar-refractivity contribution in [3.05, 3.63) is 0 Å². The number of rotatable bonds is 7. The highest BCUT2D eigenvalue weighted by Gasteiger charge is 2.25. The minimum atomic E-state index is -0.707. The molecular weight excluding hydrogens is 234 g/mol. The third-order valence-electron chi connectivity index (χ3n) is 2.46. The molecule has 18 heavy (non-hydrogen) atoms. The van der Waals surface area contributed by atoms with E-state index in [1.165, 1.54) is 11.9 Å². The lowest BCUT2D eigenvalue weighted by atomic mass is 9.96. The van der Waals surface area contributed by atoms with Gasteiger partial charge in [0, 0.05) is 20.7 Å². The number of hydrogen-bond donors (Lipinski definition) is 1. The predicted octanol–water partition coefficient (Wildman–Crippen LogP) is 0.00318. The molecule has 1 N–H and O–H groups in total. The molecule has 0 aromatic carbocycles. The van der Waals surface area contributed by atoms with Crippen LogP contribution in [0.3, 0.4) is 0 Å². The van der Waals surface area contributed by atoms with Gasteiger partial charge in [0.2, 0.25) is 11.8 Å². The molecule has 6 heteroatoms. The lowest BCUT2D eigenvalue weighted by Gasteiger charge is -2.21. The summed E-state index contributed by atoms with van der Waals surface area (Å²) in [6.07, 6.45) is 0. The molecule has 1 atom stereocenters. The van der Waals surface area contributed by atoms with Crippen LogP contribution in [0.15, 0.2) is 0 Å². The van der Waals surface area contributed by atoms with E-state index in [1.54, 1.807) is 21.0 Å². The van der Waals surface area contributed by atoms with Crippen LogP contribution in [0, 0.1) is 23.2 Å². The van der Waals surface area contributed by atoms with E-state index in [0.29, 0.717) is 13.2 Å². The van der Waals surface area contributed by atoms with Crippen LogP contribution in [-0.4, -0.2) is 50.6 Å². The van der Waals surface area contributed by atoms with E-state index in [1.807, 2.05) is 6.07 Å². The number of methoxy groups -OCH3 is 1. The van der Waals surface area contributed by atoms with Crippen LogP contribution in [0.5, 0.6) is 0 Å². The van der Waals surface area contributed by atoms with Gasteiger partial charge in [-0.15, -0.1) is 0 Å². The van der Waals surface area contributed by atoms with Crippen molar-refractivity contribution in [1.82, 2.24) is 10.2 Å². The number of nitrogens with one attached hydrogen (secondary N) is 1. The Kier molecular flexibility index (Phi) is 7.72. The second-order valence-corrected chi connectivity index (χ2v) is 4.39. The number of ether oxygens (including phenoxy) is 1. The molecule has 0 saturated carbocycles. The molecule has 0 radical (unpaired) electrons. The lowest BCUT2D eigenvalue weighted by molar-refractivity contribution is -0.137. The molecule has 6 nitrogen and oxygen atoms in total. The van der Waals surface area contributed by atoms with Gasteiger partial charge >= 0.3 is 0 Å². The number of nitrogens with zero attached hydrogens (tertiary/aromatic N) is 2. The summed E-state index contributed by atoms with van der Waals surface area (Å²) in [5, 5.41) is 11.5. The summed E-state index contributed by atoms with van der Waals surface area (Å²) in [6, 6.07) is 1.96. The first-order valence-corrected chi connectivity index (χ1v) is 5.84. The summed E-state index contributed by atoms with van der Waals surface area (Å²) in [7, 11) is 3.06. The second-order valence-electron chi connectivity index (χ2n) is 4.39. The highest BCUT2D eigenvalue weighted by Crippen LogP contribution is 2.12. The molecule has 0 heterocycles. The van der Waals surface area contributed by atoms with Gasteiger partial charge in [0.05, 0.1) is 19.2 Å². The van der Waals surface area contributed by atoms with Crippen molar-refractivity contribution in [1.29, 1.82) is 5.26 Å². The number of amides is 2.